The summed E-state index contributed by atoms with van der Waals surface area (Å²) in [6.45, 7) is 0. The van der Waals surface area contributed by atoms with Gasteiger partial charge in [0.2, 0.25) is 0 Å². The van der Waals surface area contributed by atoms with Gasteiger partial charge in [0.1, 0.15) is 5.82 Å². The first-order valence-corrected chi connectivity index (χ1v) is 12.4. The zero-order valence-electron chi connectivity index (χ0n) is 21.3. The van der Waals surface area contributed by atoms with E-state index >= 15 is 0 Å². The number of hydrogen-bond donors (Lipinski definition) is 0. The maximum absolute atomic E-state index is 13.8. The number of non-ortho nitro benzene ring substituents is 2. The lowest BCUT2D eigenvalue weighted by Crippen LogP contribution is -2.00. The molecule has 42 heavy (non-hydrogen) atoms. The van der Waals surface area contributed by atoms with Crippen LogP contribution in [0.4, 0.5) is 21.5 Å². The van der Waals surface area contributed by atoms with Gasteiger partial charge < -0.3 is 0 Å². The standard InChI is InChI=1S/C18H11F.C13H5N3O7/c19-18-7-3-5-13-10-16-14(11-17(13)18)9-8-12-4-1-2-6-15(12)16;17-13-9-3-6(14(18)19)1-2-8(9)12-10(13)4-7(15(20)21)5-11(12)16(22)23/h1-11H;1-5H. The fourth-order valence-electron chi connectivity index (χ4n) is 5.26. The molecule has 11 heteroatoms. The Morgan fingerprint density at radius 3 is 1.90 bits per heavy atom. The van der Waals surface area contributed by atoms with Crippen molar-refractivity contribution < 1.29 is 24.0 Å². The molecule has 10 nitrogen and oxygen atoms in total. The predicted octanol–water partition coefficient (Wildman–Crippen LogP) is 7.91. The topological polar surface area (TPSA) is 146 Å². The molecule has 204 valence electrons. The molecule has 0 saturated carbocycles. The Kier molecular flexibility index (Phi) is 6.11. The van der Waals surface area contributed by atoms with E-state index in [-0.39, 0.29) is 33.8 Å². The van der Waals surface area contributed by atoms with E-state index in [1.165, 1.54) is 28.3 Å². The van der Waals surface area contributed by atoms with Gasteiger partial charge in [0.05, 0.1) is 26.4 Å². The van der Waals surface area contributed by atoms with Crippen molar-refractivity contribution in [2.24, 2.45) is 0 Å². The molecule has 1 aliphatic carbocycles. The molecule has 0 unspecified atom stereocenters. The van der Waals surface area contributed by atoms with Crippen LogP contribution in [0, 0.1) is 36.2 Å². The van der Waals surface area contributed by atoms with E-state index in [0.717, 1.165) is 35.0 Å². The number of carbonyl (C=O) groups is 1. The number of ketones is 1. The van der Waals surface area contributed by atoms with Crippen molar-refractivity contribution in [3.8, 4) is 11.1 Å². The third kappa shape index (κ3) is 4.25. The van der Waals surface area contributed by atoms with Crippen molar-refractivity contribution in [2.75, 3.05) is 0 Å². The molecule has 6 aromatic rings. The maximum Gasteiger partial charge on any atom is 0.284 e. The van der Waals surface area contributed by atoms with Crippen molar-refractivity contribution in [1.29, 1.82) is 0 Å². The van der Waals surface area contributed by atoms with Crippen molar-refractivity contribution in [3.63, 3.8) is 0 Å². The minimum Gasteiger partial charge on any atom is -0.289 e. The number of rotatable bonds is 3. The van der Waals surface area contributed by atoms with Gasteiger partial charge in [-0.1, -0.05) is 48.5 Å². The zero-order valence-corrected chi connectivity index (χ0v) is 21.3. The minimum atomic E-state index is -0.841. The molecule has 0 fully saturated rings. The third-order valence-electron chi connectivity index (χ3n) is 7.17. The Hall–Kier alpha value is -6.10. The number of hydrogen-bond acceptors (Lipinski definition) is 7. The van der Waals surface area contributed by atoms with Gasteiger partial charge in [0, 0.05) is 40.3 Å². The molecule has 7 rings (SSSR count). The minimum absolute atomic E-state index is 0.0597. The SMILES string of the molecule is Fc1cccc2cc3c(ccc4ccccc43)cc12.O=C1c2cc([N+](=O)[O-])ccc2-c2c1cc([N+](=O)[O-])cc2[N+](=O)[O-]. The summed E-state index contributed by atoms with van der Waals surface area (Å²) < 4.78 is 13.8. The van der Waals surface area contributed by atoms with Crippen LogP contribution in [0.1, 0.15) is 15.9 Å². The van der Waals surface area contributed by atoms with E-state index in [1.54, 1.807) is 6.07 Å². The lowest BCUT2D eigenvalue weighted by molar-refractivity contribution is -0.393. The fraction of sp³-hybridized carbons (Fsp3) is 0. The molecule has 0 bridgehead atoms. The summed E-state index contributed by atoms with van der Waals surface area (Å²) in [4.78, 5) is 42.8. The molecule has 0 N–H and O–H groups in total. The summed E-state index contributed by atoms with van der Waals surface area (Å²) in [5.41, 5.74) is -1.73. The zero-order chi connectivity index (χ0) is 29.7. The second kappa shape index (κ2) is 9.82. The highest BCUT2D eigenvalue weighted by Gasteiger charge is 2.36. The van der Waals surface area contributed by atoms with Crippen LogP contribution < -0.4 is 0 Å². The molecular formula is C31H16FN3O7. The number of nitrogens with zero attached hydrogens (tertiary/aromatic N) is 3. The number of halogens is 1. The van der Waals surface area contributed by atoms with Crippen LogP contribution >= 0.6 is 0 Å². The van der Waals surface area contributed by atoms with Crippen LogP contribution in [0.2, 0.25) is 0 Å². The van der Waals surface area contributed by atoms with Gasteiger partial charge in [0.25, 0.3) is 17.1 Å². The highest BCUT2D eigenvalue weighted by atomic mass is 19.1. The summed E-state index contributed by atoms with van der Waals surface area (Å²) in [6.07, 6.45) is 0. The Labute approximate surface area is 234 Å². The molecule has 0 amide bonds. The second-order valence-electron chi connectivity index (χ2n) is 9.54. The second-order valence-corrected chi connectivity index (χ2v) is 9.54. The van der Waals surface area contributed by atoms with Crippen LogP contribution in [0.15, 0.2) is 97.1 Å². The number of carbonyl (C=O) groups excluding carboxylic acids is 1. The van der Waals surface area contributed by atoms with Gasteiger partial charge in [-0.05, 0) is 51.2 Å². The lowest BCUT2D eigenvalue weighted by Gasteiger charge is -2.06. The normalized spacial score (nSPS) is 11.6. The van der Waals surface area contributed by atoms with E-state index < -0.39 is 31.9 Å². The van der Waals surface area contributed by atoms with E-state index in [9.17, 15) is 39.5 Å². The summed E-state index contributed by atoms with van der Waals surface area (Å²) in [7, 11) is 0. The molecule has 0 aliphatic heterocycles. The van der Waals surface area contributed by atoms with Gasteiger partial charge >= 0.3 is 0 Å². The number of benzene rings is 6. The molecule has 6 aromatic carbocycles. The Balaban J connectivity index is 0.000000153. The van der Waals surface area contributed by atoms with E-state index in [2.05, 4.69) is 30.3 Å². The number of nitro benzene ring substituents is 3. The summed E-state index contributed by atoms with van der Waals surface area (Å²) >= 11 is 0. The van der Waals surface area contributed by atoms with E-state index in [0.29, 0.717) is 5.39 Å². The van der Waals surface area contributed by atoms with Gasteiger partial charge in [0.15, 0.2) is 5.78 Å². The summed E-state index contributed by atoms with van der Waals surface area (Å²) in [6, 6.07) is 26.7. The van der Waals surface area contributed by atoms with Gasteiger partial charge in [-0.3, -0.25) is 35.1 Å². The molecular weight excluding hydrogens is 545 g/mol. The van der Waals surface area contributed by atoms with Crippen LogP contribution in [-0.4, -0.2) is 20.6 Å². The number of fused-ring (bicyclic) bond motifs is 7. The van der Waals surface area contributed by atoms with Gasteiger partial charge in [-0.15, -0.1) is 0 Å². The Bertz CT molecular complexity index is 2180. The Morgan fingerprint density at radius 2 is 1.17 bits per heavy atom. The van der Waals surface area contributed by atoms with Crippen molar-refractivity contribution >= 4 is 55.2 Å². The molecule has 0 radical (unpaired) electrons. The van der Waals surface area contributed by atoms with Gasteiger partial charge in [-0.25, -0.2) is 4.39 Å². The van der Waals surface area contributed by atoms with E-state index in [1.807, 2.05) is 24.3 Å². The van der Waals surface area contributed by atoms with Crippen LogP contribution in [-0.2, 0) is 0 Å². The van der Waals surface area contributed by atoms with Crippen LogP contribution in [0.25, 0.3) is 43.4 Å². The van der Waals surface area contributed by atoms with Crippen LogP contribution in [0.5, 0.6) is 0 Å². The smallest absolute Gasteiger partial charge is 0.284 e. The summed E-state index contributed by atoms with van der Waals surface area (Å²) in [5, 5.41) is 39.2. The highest BCUT2D eigenvalue weighted by molar-refractivity contribution is 6.23. The largest absolute Gasteiger partial charge is 0.289 e. The first-order valence-electron chi connectivity index (χ1n) is 12.4. The van der Waals surface area contributed by atoms with Crippen LogP contribution in [0.3, 0.4) is 0 Å². The quantitative estimate of drug-likeness (QED) is 0.0921. The number of nitro groups is 3. The fourth-order valence-corrected chi connectivity index (χ4v) is 5.26. The third-order valence-corrected chi connectivity index (χ3v) is 7.17. The monoisotopic (exact) mass is 561 g/mol. The highest BCUT2D eigenvalue weighted by Crippen LogP contribution is 2.45. The average Bonchev–Trinajstić information content (AvgIpc) is 3.27. The molecule has 1 aliphatic rings. The summed E-state index contributed by atoms with van der Waals surface area (Å²) in [5.74, 6) is -0.877. The average molecular weight is 561 g/mol. The first-order chi connectivity index (χ1) is 20.1. The van der Waals surface area contributed by atoms with Gasteiger partial charge in [-0.2, -0.15) is 0 Å². The van der Waals surface area contributed by atoms with Crippen molar-refractivity contribution in [3.05, 3.63) is 144 Å². The molecule has 0 heterocycles. The maximum atomic E-state index is 13.8. The molecule has 0 spiro atoms. The first kappa shape index (κ1) is 26.1. The molecule has 0 saturated heterocycles. The van der Waals surface area contributed by atoms with Crippen molar-refractivity contribution in [2.45, 2.75) is 0 Å². The Morgan fingerprint density at radius 1 is 0.524 bits per heavy atom. The lowest BCUT2D eigenvalue weighted by atomic mass is 9.98. The predicted molar refractivity (Wildman–Crippen MR) is 154 cm³/mol. The molecule has 0 atom stereocenters. The van der Waals surface area contributed by atoms with Crippen molar-refractivity contribution in [1.82, 2.24) is 0 Å². The molecule has 0 aromatic heterocycles. The van der Waals surface area contributed by atoms with E-state index in [4.69, 9.17) is 0 Å².